The van der Waals surface area contributed by atoms with Gasteiger partial charge in [-0.1, -0.05) is 32.5 Å². The van der Waals surface area contributed by atoms with Crippen LogP contribution in [-0.4, -0.2) is 45.2 Å². The van der Waals surface area contributed by atoms with Crippen LogP contribution in [0.15, 0.2) is 5.16 Å². The maximum absolute atomic E-state index is 12.7. The van der Waals surface area contributed by atoms with Crippen LogP contribution in [0.2, 0.25) is 0 Å². The standard InChI is InChI=1S/C23H28N4O4S2/c1-7-31-20(30)15-11(2)17(12(3)28)33-19(15)24-14(29)10-32-21-25-18-16(26-27-21)13-8-9-23(18,6)22(13,4)5/h13H,7-10H2,1-6H3,(H,24,29). The van der Waals surface area contributed by atoms with Gasteiger partial charge in [-0.25, -0.2) is 9.78 Å². The molecule has 2 aliphatic carbocycles. The number of hydrogen-bond acceptors (Lipinski definition) is 9. The number of anilines is 1. The average molecular weight is 489 g/mol. The topological polar surface area (TPSA) is 111 Å². The van der Waals surface area contributed by atoms with Gasteiger partial charge in [0, 0.05) is 11.3 Å². The predicted octanol–water partition coefficient (Wildman–Crippen LogP) is 4.53. The van der Waals surface area contributed by atoms with Crippen molar-refractivity contribution >= 4 is 45.8 Å². The number of aromatic nitrogens is 3. The molecule has 2 bridgehead atoms. The molecule has 2 aromatic rings. The van der Waals surface area contributed by atoms with E-state index in [1.807, 2.05) is 0 Å². The second-order valence-corrected chi connectivity index (χ2v) is 11.3. The summed E-state index contributed by atoms with van der Waals surface area (Å²) in [5.41, 5.74) is 2.80. The molecule has 2 heterocycles. The quantitative estimate of drug-likeness (QED) is 0.344. The van der Waals surface area contributed by atoms with Gasteiger partial charge in [-0.2, -0.15) is 5.10 Å². The van der Waals surface area contributed by atoms with Crippen molar-refractivity contribution in [1.29, 1.82) is 0 Å². The van der Waals surface area contributed by atoms with Gasteiger partial charge in [-0.05, 0) is 44.6 Å². The number of nitrogens with zero attached hydrogens (tertiary/aromatic N) is 3. The molecule has 2 unspecified atom stereocenters. The molecule has 2 atom stereocenters. The van der Waals surface area contributed by atoms with Crippen molar-refractivity contribution in [2.45, 2.75) is 70.9 Å². The zero-order valence-corrected chi connectivity index (χ0v) is 21.3. The Labute approximate surface area is 201 Å². The number of rotatable bonds is 7. The van der Waals surface area contributed by atoms with E-state index >= 15 is 0 Å². The first-order valence-electron chi connectivity index (χ1n) is 11.0. The lowest BCUT2D eigenvalue weighted by molar-refractivity contribution is -0.113. The molecule has 1 amide bonds. The van der Waals surface area contributed by atoms with Gasteiger partial charge in [-0.15, -0.1) is 16.4 Å². The fourth-order valence-corrected chi connectivity index (χ4v) is 6.80. The summed E-state index contributed by atoms with van der Waals surface area (Å²) in [6.07, 6.45) is 2.18. The van der Waals surface area contributed by atoms with Gasteiger partial charge in [0.1, 0.15) is 5.00 Å². The highest BCUT2D eigenvalue weighted by molar-refractivity contribution is 7.99. The van der Waals surface area contributed by atoms with Crippen LogP contribution in [0.3, 0.4) is 0 Å². The number of fused-ring (bicyclic) bond motifs is 5. The molecule has 2 aliphatic rings. The van der Waals surface area contributed by atoms with Crippen LogP contribution in [0, 0.1) is 12.3 Å². The summed E-state index contributed by atoms with van der Waals surface area (Å²) in [5, 5.41) is 12.3. The van der Waals surface area contributed by atoms with Crippen molar-refractivity contribution in [1.82, 2.24) is 15.2 Å². The minimum Gasteiger partial charge on any atom is -0.462 e. The van der Waals surface area contributed by atoms with Crippen molar-refractivity contribution in [2.75, 3.05) is 17.7 Å². The molecule has 2 aromatic heterocycles. The van der Waals surface area contributed by atoms with E-state index in [4.69, 9.17) is 9.72 Å². The van der Waals surface area contributed by atoms with Gasteiger partial charge in [0.2, 0.25) is 11.1 Å². The number of ether oxygens (including phenoxy) is 1. The van der Waals surface area contributed by atoms with Gasteiger partial charge in [-0.3, -0.25) is 9.59 Å². The smallest absolute Gasteiger partial charge is 0.341 e. The molecule has 1 saturated carbocycles. The number of carbonyl (C=O) groups excluding carboxylic acids is 3. The molecular weight excluding hydrogens is 460 g/mol. The molecule has 1 N–H and O–H groups in total. The van der Waals surface area contributed by atoms with Gasteiger partial charge >= 0.3 is 5.97 Å². The molecule has 176 valence electrons. The van der Waals surface area contributed by atoms with E-state index in [1.54, 1.807) is 13.8 Å². The molecule has 8 nitrogen and oxygen atoms in total. The molecular formula is C23H28N4O4S2. The lowest BCUT2D eigenvalue weighted by atomic mass is 9.70. The van der Waals surface area contributed by atoms with Crippen molar-refractivity contribution in [2.24, 2.45) is 5.41 Å². The fourth-order valence-electron chi connectivity index (χ4n) is 5.10. The summed E-state index contributed by atoms with van der Waals surface area (Å²) < 4.78 is 5.12. The van der Waals surface area contributed by atoms with Crippen LogP contribution < -0.4 is 5.32 Å². The lowest BCUT2D eigenvalue weighted by Crippen LogP contribution is -2.32. The highest BCUT2D eigenvalue weighted by Crippen LogP contribution is 2.66. The first kappa shape index (κ1) is 23.8. The summed E-state index contributed by atoms with van der Waals surface area (Å²) in [4.78, 5) is 42.3. The van der Waals surface area contributed by atoms with E-state index in [0.29, 0.717) is 26.5 Å². The zero-order chi connectivity index (χ0) is 24.1. The first-order valence-corrected chi connectivity index (χ1v) is 12.8. The van der Waals surface area contributed by atoms with E-state index in [9.17, 15) is 14.4 Å². The number of hydrogen-bond donors (Lipinski definition) is 1. The largest absolute Gasteiger partial charge is 0.462 e. The predicted molar refractivity (Wildman–Crippen MR) is 127 cm³/mol. The van der Waals surface area contributed by atoms with Crippen molar-refractivity contribution < 1.29 is 19.1 Å². The normalized spacial score (nSPS) is 22.2. The third-order valence-corrected chi connectivity index (χ3v) is 9.45. The number of thiophene rings is 1. The van der Waals surface area contributed by atoms with Gasteiger partial charge < -0.3 is 10.1 Å². The summed E-state index contributed by atoms with van der Waals surface area (Å²) in [6, 6.07) is 0. The molecule has 0 spiro atoms. The van der Waals surface area contributed by atoms with E-state index in [-0.39, 0.29) is 40.4 Å². The average Bonchev–Trinajstić information content (AvgIpc) is 3.25. The molecule has 0 radical (unpaired) electrons. The maximum Gasteiger partial charge on any atom is 0.341 e. The molecule has 0 aromatic carbocycles. The van der Waals surface area contributed by atoms with Gasteiger partial charge in [0.25, 0.3) is 0 Å². The van der Waals surface area contributed by atoms with Crippen LogP contribution in [0.5, 0.6) is 0 Å². The number of thioether (sulfide) groups is 1. The number of Topliss-reactive ketones (excluding diaryl/α,β-unsaturated/α-hetero) is 1. The monoisotopic (exact) mass is 488 g/mol. The lowest BCUT2D eigenvalue weighted by Gasteiger charge is -2.33. The fraction of sp³-hybridized carbons (Fsp3) is 0.565. The highest BCUT2D eigenvalue weighted by Gasteiger charge is 2.61. The minimum atomic E-state index is -0.557. The van der Waals surface area contributed by atoms with Crippen LogP contribution in [-0.2, 0) is 14.9 Å². The van der Waals surface area contributed by atoms with E-state index in [0.717, 1.165) is 35.6 Å². The summed E-state index contributed by atoms with van der Waals surface area (Å²) in [7, 11) is 0. The third-order valence-electron chi connectivity index (χ3n) is 7.30. The number of ketones is 1. The molecule has 33 heavy (non-hydrogen) atoms. The Balaban J connectivity index is 1.49. The maximum atomic E-state index is 12.7. The number of carbonyl (C=O) groups is 3. The third kappa shape index (κ3) is 3.77. The SMILES string of the molecule is CCOC(=O)c1c(NC(=O)CSc2nnc3c(n2)C2(C)CCC3C2(C)C)sc(C(C)=O)c1C. The molecule has 0 saturated heterocycles. The first-order chi connectivity index (χ1) is 15.5. The highest BCUT2D eigenvalue weighted by atomic mass is 32.2. The Morgan fingerprint density at radius 3 is 2.64 bits per heavy atom. The second kappa shape index (κ2) is 8.47. The van der Waals surface area contributed by atoms with Crippen LogP contribution in [0.1, 0.15) is 90.4 Å². The number of esters is 1. The van der Waals surface area contributed by atoms with E-state index in [1.165, 1.54) is 18.7 Å². The molecule has 10 heteroatoms. The Morgan fingerprint density at radius 2 is 1.97 bits per heavy atom. The zero-order valence-electron chi connectivity index (χ0n) is 19.7. The van der Waals surface area contributed by atoms with Crippen molar-refractivity contribution in [3.8, 4) is 0 Å². The Morgan fingerprint density at radius 1 is 1.24 bits per heavy atom. The van der Waals surface area contributed by atoms with Crippen molar-refractivity contribution in [3.63, 3.8) is 0 Å². The summed E-state index contributed by atoms with van der Waals surface area (Å²) in [6.45, 7) is 11.8. The van der Waals surface area contributed by atoms with Gasteiger partial charge in [0.15, 0.2) is 5.78 Å². The van der Waals surface area contributed by atoms with Crippen LogP contribution in [0.4, 0.5) is 5.00 Å². The van der Waals surface area contributed by atoms with Crippen LogP contribution >= 0.6 is 23.1 Å². The minimum absolute atomic E-state index is 0.0351. The number of amides is 1. The van der Waals surface area contributed by atoms with Crippen molar-refractivity contribution in [3.05, 3.63) is 27.4 Å². The number of nitrogens with one attached hydrogen (secondary N) is 1. The van der Waals surface area contributed by atoms with E-state index < -0.39 is 5.97 Å². The summed E-state index contributed by atoms with van der Waals surface area (Å²) in [5.74, 6) is -0.615. The molecule has 1 fully saturated rings. The Kier molecular flexibility index (Phi) is 6.11. The van der Waals surface area contributed by atoms with E-state index in [2.05, 4.69) is 36.3 Å². The van der Waals surface area contributed by atoms with Crippen LogP contribution in [0.25, 0.3) is 0 Å². The molecule has 0 aliphatic heterocycles. The summed E-state index contributed by atoms with van der Waals surface area (Å²) >= 11 is 2.29. The Hall–Kier alpha value is -2.33. The van der Waals surface area contributed by atoms with Gasteiger partial charge in [0.05, 0.1) is 34.2 Å². The molecule has 4 rings (SSSR count). The second-order valence-electron chi connectivity index (χ2n) is 9.35. The Bertz CT molecular complexity index is 1160.